The van der Waals surface area contributed by atoms with Crippen LogP contribution in [0.1, 0.15) is 68.4 Å². The van der Waals surface area contributed by atoms with Crippen molar-refractivity contribution in [3.8, 4) is 0 Å². The van der Waals surface area contributed by atoms with Gasteiger partial charge in [0, 0.05) is 17.9 Å². The Kier molecular flexibility index (Phi) is 5.24. The number of hydrogen-bond donors (Lipinski definition) is 2. The first-order valence-electron chi connectivity index (χ1n) is 8.77. The maximum Gasteiger partial charge on any atom is 0.150 e. The molecule has 7 nitrogen and oxygen atoms in total. The highest BCUT2D eigenvalue weighted by Crippen LogP contribution is 2.34. The molecule has 0 radical (unpaired) electrons. The SMILES string of the molecule is CC(C)c1ncnc2c1CC(N=S(N)(=O)c1cnc(C(C)(C)O)s1)=CC2C. The Balaban J connectivity index is 2.00. The molecule has 1 aliphatic carbocycles. The second kappa shape index (κ2) is 7.05. The molecule has 0 amide bonds. The van der Waals surface area contributed by atoms with E-state index in [-0.39, 0.29) is 11.8 Å². The van der Waals surface area contributed by atoms with Crippen LogP contribution in [-0.2, 0) is 21.9 Å². The molecule has 3 rings (SSSR count). The smallest absolute Gasteiger partial charge is 0.150 e. The molecule has 0 saturated heterocycles. The van der Waals surface area contributed by atoms with E-state index >= 15 is 0 Å². The van der Waals surface area contributed by atoms with Crippen LogP contribution in [0.25, 0.3) is 0 Å². The molecule has 146 valence electrons. The van der Waals surface area contributed by atoms with Crippen LogP contribution in [0.15, 0.2) is 32.9 Å². The van der Waals surface area contributed by atoms with Gasteiger partial charge in [-0.25, -0.2) is 24.3 Å². The van der Waals surface area contributed by atoms with Crippen LogP contribution in [-0.4, -0.2) is 24.3 Å². The first-order valence-corrected chi connectivity index (χ1v) is 11.2. The number of aliphatic hydroxyl groups is 1. The molecule has 2 atom stereocenters. The number of hydrogen-bond acceptors (Lipinski definition) is 7. The van der Waals surface area contributed by atoms with Crippen molar-refractivity contribution < 1.29 is 9.32 Å². The molecule has 9 heteroatoms. The molecule has 3 N–H and O–H groups in total. The zero-order chi connectivity index (χ0) is 20.0. The van der Waals surface area contributed by atoms with Gasteiger partial charge >= 0.3 is 0 Å². The number of nitrogens with zero attached hydrogens (tertiary/aromatic N) is 4. The lowest BCUT2D eigenvalue weighted by Crippen LogP contribution is -2.16. The third-order valence-electron chi connectivity index (χ3n) is 4.34. The number of aromatic nitrogens is 3. The molecule has 2 aromatic rings. The second-order valence-corrected chi connectivity index (χ2v) is 10.7. The number of allylic oxidation sites excluding steroid dienone is 2. The molecule has 0 aromatic carbocycles. The fourth-order valence-electron chi connectivity index (χ4n) is 3.08. The van der Waals surface area contributed by atoms with Gasteiger partial charge in [-0.2, -0.15) is 4.36 Å². The van der Waals surface area contributed by atoms with E-state index < -0.39 is 15.5 Å². The summed E-state index contributed by atoms with van der Waals surface area (Å²) in [5.41, 5.74) is 2.56. The van der Waals surface area contributed by atoms with Gasteiger partial charge in [-0.1, -0.05) is 26.8 Å². The molecule has 0 saturated carbocycles. The molecular formula is C18H25N5O2S2. The van der Waals surface area contributed by atoms with Gasteiger partial charge in [0.25, 0.3) is 0 Å². The van der Waals surface area contributed by atoms with E-state index in [0.29, 0.717) is 21.3 Å². The number of rotatable bonds is 4. The van der Waals surface area contributed by atoms with Gasteiger partial charge in [0.2, 0.25) is 0 Å². The van der Waals surface area contributed by atoms with E-state index in [2.05, 4.69) is 33.2 Å². The van der Waals surface area contributed by atoms with Gasteiger partial charge in [-0.15, -0.1) is 11.3 Å². The Morgan fingerprint density at radius 2 is 2.07 bits per heavy atom. The Bertz CT molecular complexity index is 1010. The predicted octanol–water partition coefficient (Wildman–Crippen LogP) is 3.23. The molecule has 1 aliphatic rings. The lowest BCUT2D eigenvalue weighted by Gasteiger charge is -2.22. The van der Waals surface area contributed by atoms with Crippen molar-refractivity contribution in [2.75, 3.05) is 0 Å². The molecule has 2 heterocycles. The highest BCUT2D eigenvalue weighted by molar-refractivity contribution is 7.93. The highest BCUT2D eigenvalue weighted by Gasteiger charge is 2.26. The topological polar surface area (TPSA) is 114 Å². The van der Waals surface area contributed by atoms with E-state index in [1.807, 2.05) is 13.0 Å². The van der Waals surface area contributed by atoms with Crippen LogP contribution < -0.4 is 5.14 Å². The Morgan fingerprint density at radius 3 is 2.67 bits per heavy atom. The average Bonchev–Trinajstić information content (AvgIpc) is 3.05. The summed E-state index contributed by atoms with van der Waals surface area (Å²) in [6, 6.07) is 0. The minimum absolute atomic E-state index is 0.0385. The molecule has 2 aromatic heterocycles. The third kappa shape index (κ3) is 4.11. The third-order valence-corrected chi connectivity index (χ3v) is 7.60. The summed E-state index contributed by atoms with van der Waals surface area (Å²) in [7, 11) is -3.15. The molecule has 0 fully saturated rings. The first kappa shape index (κ1) is 20.1. The van der Waals surface area contributed by atoms with Crippen molar-refractivity contribution in [1.82, 2.24) is 15.0 Å². The van der Waals surface area contributed by atoms with E-state index in [1.165, 1.54) is 6.20 Å². The normalized spacial score (nSPS) is 19.4. The summed E-state index contributed by atoms with van der Waals surface area (Å²) >= 11 is 1.12. The summed E-state index contributed by atoms with van der Waals surface area (Å²) in [6.45, 7) is 9.46. The monoisotopic (exact) mass is 407 g/mol. The van der Waals surface area contributed by atoms with Crippen LogP contribution in [0.2, 0.25) is 0 Å². The summed E-state index contributed by atoms with van der Waals surface area (Å²) in [5, 5.41) is 16.6. The zero-order valence-electron chi connectivity index (χ0n) is 16.1. The number of thiazole rings is 1. The highest BCUT2D eigenvalue weighted by atomic mass is 32.2. The fraction of sp³-hybridized carbons (Fsp3) is 0.500. The van der Waals surface area contributed by atoms with Crippen molar-refractivity contribution in [3.05, 3.63) is 46.3 Å². The average molecular weight is 408 g/mol. The molecular weight excluding hydrogens is 382 g/mol. The Hall–Kier alpha value is -1.68. The van der Waals surface area contributed by atoms with Crippen LogP contribution in [0, 0.1) is 0 Å². The maximum atomic E-state index is 13.1. The minimum atomic E-state index is -3.15. The van der Waals surface area contributed by atoms with Crippen molar-refractivity contribution in [3.63, 3.8) is 0 Å². The standard InChI is InChI=1S/C18H25N5O2S2/c1-10(2)15-13-7-12(6-11(3)16(13)22-9-21-15)23-27(19,25)14-8-20-17(26-14)18(4,5)24/h6,8-11,24H,7H2,1-5H3,(H2,19,23,25). The molecule has 0 spiro atoms. The molecule has 2 unspecified atom stereocenters. The quantitative estimate of drug-likeness (QED) is 0.807. The van der Waals surface area contributed by atoms with Crippen molar-refractivity contribution >= 4 is 21.3 Å². The van der Waals surface area contributed by atoms with Gasteiger partial charge < -0.3 is 5.11 Å². The fourth-order valence-corrected chi connectivity index (χ4v) is 5.32. The summed E-state index contributed by atoms with van der Waals surface area (Å²) in [4.78, 5) is 13.0. The van der Waals surface area contributed by atoms with Gasteiger partial charge in [-0.3, -0.25) is 0 Å². The number of nitrogens with two attached hydrogens (primary N) is 1. The van der Waals surface area contributed by atoms with Gasteiger partial charge in [0.15, 0.2) is 9.92 Å². The van der Waals surface area contributed by atoms with Gasteiger partial charge in [-0.05, 0) is 19.8 Å². The molecule has 27 heavy (non-hydrogen) atoms. The minimum Gasteiger partial charge on any atom is -0.383 e. The van der Waals surface area contributed by atoms with Crippen molar-refractivity contribution in [2.24, 2.45) is 9.50 Å². The zero-order valence-corrected chi connectivity index (χ0v) is 17.8. The predicted molar refractivity (Wildman–Crippen MR) is 107 cm³/mol. The molecule has 0 aliphatic heterocycles. The van der Waals surface area contributed by atoms with Crippen LogP contribution in [0.3, 0.4) is 0 Å². The maximum absolute atomic E-state index is 13.1. The Morgan fingerprint density at radius 1 is 1.37 bits per heavy atom. The largest absolute Gasteiger partial charge is 0.383 e. The number of fused-ring (bicyclic) bond motifs is 1. The lowest BCUT2D eigenvalue weighted by molar-refractivity contribution is 0.0783. The van der Waals surface area contributed by atoms with Crippen LogP contribution >= 0.6 is 11.3 Å². The summed E-state index contributed by atoms with van der Waals surface area (Å²) in [6.07, 6.45) is 5.48. The van der Waals surface area contributed by atoms with Gasteiger partial charge in [0.05, 0.1) is 23.3 Å². The van der Waals surface area contributed by atoms with E-state index in [1.54, 1.807) is 20.2 Å². The van der Waals surface area contributed by atoms with E-state index in [4.69, 9.17) is 5.14 Å². The first-order chi connectivity index (χ1) is 12.5. The summed E-state index contributed by atoms with van der Waals surface area (Å²) in [5.74, 6) is 0.294. The van der Waals surface area contributed by atoms with E-state index in [0.717, 1.165) is 28.3 Å². The van der Waals surface area contributed by atoms with Gasteiger partial charge in [0.1, 0.15) is 21.1 Å². The van der Waals surface area contributed by atoms with Crippen LogP contribution in [0.4, 0.5) is 0 Å². The lowest BCUT2D eigenvalue weighted by atomic mass is 9.88. The van der Waals surface area contributed by atoms with Crippen molar-refractivity contribution in [2.45, 2.75) is 62.7 Å². The second-order valence-electron chi connectivity index (χ2n) is 7.60. The Labute approximate surface area is 164 Å². The van der Waals surface area contributed by atoms with Crippen LogP contribution in [0.5, 0.6) is 0 Å². The van der Waals surface area contributed by atoms with E-state index in [9.17, 15) is 9.32 Å². The molecule has 0 bridgehead atoms. The summed E-state index contributed by atoms with van der Waals surface area (Å²) < 4.78 is 17.8. The van der Waals surface area contributed by atoms with Crippen molar-refractivity contribution in [1.29, 1.82) is 0 Å².